The van der Waals surface area contributed by atoms with Gasteiger partial charge >= 0.3 is 6.09 Å². The predicted molar refractivity (Wildman–Crippen MR) is 116 cm³/mol. The van der Waals surface area contributed by atoms with Gasteiger partial charge in [-0.1, -0.05) is 30.3 Å². The van der Waals surface area contributed by atoms with Crippen LogP contribution in [0, 0.1) is 11.3 Å². The lowest BCUT2D eigenvalue weighted by Gasteiger charge is -2.56. The summed E-state index contributed by atoms with van der Waals surface area (Å²) >= 11 is 0. The molecule has 1 amide bonds. The Bertz CT molecular complexity index is 806. The summed E-state index contributed by atoms with van der Waals surface area (Å²) in [4.78, 5) is 16.6. The molecule has 1 aromatic rings. The molecule has 166 valence electrons. The minimum absolute atomic E-state index is 0.123. The van der Waals surface area contributed by atoms with Crippen molar-refractivity contribution in [2.24, 2.45) is 0 Å². The zero-order valence-electron chi connectivity index (χ0n) is 18.0. The van der Waals surface area contributed by atoms with Crippen molar-refractivity contribution < 1.29 is 14.3 Å². The number of carbonyl (C=O) groups excluding carboxylic acids is 1. The van der Waals surface area contributed by atoms with Crippen LogP contribution < -0.4 is 5.32 Å². The fourth-order valence-corrected chi connectivity index (χ4v) is 5.46. The van der Waals surface area contributed by atoms with E-state index in [0.29, 0.717) is 50.7 Å². The third kappa shape index (κ3) is 4.43. The molecule has 0 aromatic heterocycles. The maximum absolute atomic E-state index is 12.4. The van der Waals surface area contributed by atoms with Crippen molar-refractivity contribution in [3.63, 3.8) is 0 Å². The second-order valence-electron chi connectivity index (χ2n) is 9.57. The molecule has 0 bridgehead atoms. The molecule has 0 spiro atoms. The molecule has 1 saturated carbocycles. The molecular formula is C24H32N4O3. The molecule has 1 aromatic carbocycles. The first-order valence-corrected chi connectivity index (χ1v) is 11.6. The van der Waals surface area contributed by atoms with Gasteiger partial charge in [-0.3, -0.25) is 4.90 Å². The average molecular weight is 425 g/mol. The number of carbonyl (C=O) groups is 1. The van der Waals surface area contributed by atoms with Gasteiger partial charge in [-0.25, -0.2) is 4.79 Å². The van der Waals surface area contributed by atoms with E-state index in [0.717, 1.165) is 32.4 Å². The number of ether oxygens (including phenoxy) is 2. The van der Waals surface area contributed by atoms with E-state index < -0.39 is 0 Å². The Kier molecular flexibility index (Phi) is 5.87. The van der Waals surface area contributed by atoms with Crippen LogP contribution in [0.15, 0.2) is 30.3 Å². The van der Waals surface area contributed by atoms with Crippen LogP contribution in [-0.2, 0) is 9.47 Å². The van der Waals surface area contributed by atoms with Gasteiger partial charge in [-0.15, -0.1) is 0 Å². The summed E-state index contributed by atoms with van der Waals surface area (Å²) in [5.74, 6) is 0.653. The van der Waals surface area contributed by atoms with Gasteiger partial charge in [-0.05, 0) is 24.8 Å². The Hall–Kier alpha value is -2.14. The number of hydrogen-bond acceptors (Lipinski definition) is 6. The van der Waals surface area contributed by atoms with E-state index in [4.69, 9.17) is 9.47 Å². The van der Waals surface area contributed by atoms with Crippen molar-refractivity contribution in [2.45, 2.75) is 61.7 Å². The molecule has 3 saturated heterocycles. The lowest BCUT2D eigenvalue weighted by molar-refractivity contribution is -0.0634. The first kappa shape index (κ1) is 20.7. The molecule has 1 N–H and O–H groups in total. The van der Waals surface area contributed by atoms with E-state index in [2.05, 4.69) is 46.6 Å². The summed E-state index contributed by atoms with van der Waals surface area (Å²) in [6.07, 6.45) is 4.26. The Morgan fingerprint density at radius 3 is 2.68 bits per heavy atom. The van der Waals surface area contributed by atoms with E-state index in [1.807, 2.05) is 0 Å². The molecule has 4 fully saturated rings. The van der Waals surface area contributed by atoms with Gasteiger partial charge in [0.1, 0.15) is 6.10 Å². The Labute approximate surface area is 184 Å². The normalized spacial score (nSPS) is 30.4. The van der Waals surface area contributed by atoms with Gasteiger partial charge in [0, 0.05) is 50.6 Å². The van der Waals surface area contributed by atoms with Crippen molar-refractivity contribution in [2.75, 3.05) is 39.4 Å². The number of likely N-dealkylation sites (tertiary alicyclic amines) is 2. The molecule has 2 unspecified atom stereocenters. The lowest BCUT2D eigenvalue weighted by Crippen LogP contribution is -2.72. The van der Waals surface area contributed by atoms with Crippen molar-refractivity contribution >= 4 is 6.09 Å². The zero-order valence-corrected chi connectivity index (χ0v) is 18.0. The molecule has 3 atom stereocenters. The maximum Gasteiger partial charge on any atom is 0.410 e. The largest absolute Gasteiger partial charge is 0.444 e. The van der Waals surface area contributed by atoms with Gasteiger partial charge in [0.05, 0.1) is 31.2 Å². The number of nitrogens with zero attached hydrogens (tertiary/aromatic N) is 3. The average Bonchev–Trinajstić information content (AvgIpc) is 3.34. The van der Waals surface area contributed by atoms with Gasteiger partial charge in [0.2, 0.25) is 0 Å². The minimum atomic E-state index is -0.263. The summed E-state index contributed by atoms with van der Waals surface area (Å²) in [6, 6.07) is 14.3. The highest BCUT2D eigenvalue weighted by atomic mass is 16.6. The fraction of sp³-hybridized carbons (Fsp3) is 0.667. The van der Waals surface area contributed by atoms with Crippen molar-refractivity contribution in [1.82, 2.24) is 15.1 Å². The molecule has 3 aliphatic heterocycles. The summed E-state index contributed by atoms with van der Waals surface area (Å²) in [6.45, 7) is 4.28. The Balaban J connectivity index is 1.09. The molecule has 3 heterocycles. The van der Waals surface area contributed by atoms with Crippen molar-refractivity contribution in [3.8, 4) is 6.07 Å². The summed E-state index contributed by atoms with van der Waals surface area (Å²) in [5, 5.41) is 13.3. The van der Waals surface area contributed by atoms with E-state index in [1.54, 1.807) is 4.90 Å². The first-order valence-electron chi connectivity index (χ1n) is 11.6. The Morgan fingerprint density at radius 2 is 2.00 bits per heavy atom. The van der Waals surface area contributed by atoms with Gasteiger partial charge in [0.25, 0.3) is 0 Å². The van der Waals surface area contributed by atoms with Crippen LogP contribution in [-0.4, -0.2) is 79.0 Å². The molecule has 7 heteroatoms. The molecule has 1 aliphatic carbocycles. The standard InChI is InChI=1S/C24H32N4O3/c25-10-9-24(16-27(17-24)23(29)31-20-8-13-30-15-20)28-11-6-19(7-12-28)26-22-14-21(22)18-4-2-1-3-5-18/h1-5,19-22,26H,6-9,11-17H2/t20?,21?,22-/m1/s1. The van der Waals surface area contributed by atoms with E-state index in [1.165, 1.54) is 12.0 Å². The highest BCUT2D eigenvalue weighted by Crippen LogP contribution is 2.42. The van der Waals surface area contributed by atoms with Crippen LogP contribution in [0.1, 0.15) is 43.6 Å². The van der Waals surface area contributed by atoms with Crippen LogP contribution in [0.3, 0.4) is 0 Å². The number of piperidine rings is 1. The van der Waals surface area contributed by atoms with E-state index in [9.17, 15) is 10.1 Å². The number of rotatable bonds is 6. The molecule has 4 aliphatic rings. The molecule has 31 heavy (non-hydrogen) atoms. The van der Waals surface area contributed by atoms with Crippen molar-refractivity contribution in [3.05, 3.63) is 35.9 Å². The summed E-state index contributed by atoms with van der Waals surface area (Å²) < 4.78 is 10.8. The fourth-order valence-electron chi connectivity index (χ4n) is 5.46. The van der Waals surface area contributed by atoms with Crippen molar-refractivity contribution in [1.29, 1.82) is 5.26 Å². The first-order chi connectivity index (χ1) is 15.2. The molecular weight excluding hydrogens is 392 g/mol. The SMILES string of the molecule is N#CCC1(N2CCC(N[C@@H]3CC3c3ccccc3)CC2)CN(C(=O)OC2CCOC2)C1. The van der Waals surface area contributed by atoms with Gasteiger partial charge in [0.15, 0.2) is 0 Å². The minimum Gasteiger partial charge on any atom is -0.444 e. The number of nitrogens with one attached hydrogen (secondary N) is 1. The maximum atomic E-state index is 12.4. The quantitative estimate of drug-likeness (QED) is 0.756. The highest BCUT2D eigenvalue weighted by molar-refractivity contribution is 5.69. The molecule has 0 radical (unpaired) electrons. The van der Waals surface area contributed by atoms with E-state index >= 15 is 0 Å². The second-order valence-corrected chi connectivity index (χ2v) is 9.57. The van der Waals surface area contributed by atoms with Crippen LogP contribution >= 0.6 is 0 Å². The van der Waals surface area contributed by atoms with Crippen LogP contribution in [0.2, 0.25) is 0 Å². The van der Waals surface area contributed by atoms with E-state index in [-0.39, 0.29) is 17.7 Å². The topological polar surface area (TPSA) is 77.8 Å². The third-order valence-electron chi connectivity index (χ3n) is 7.43. The predicted octanol–water partition coefficient (Wildman–Crippen LogP) is 2.49. The number of amides is 1. The summed E-state index contributed by atoms with van der Waals surface area (Å²) in [5.41, 5.74) is 1.23. The van der Waals surface area contributed by atoms with Gasteiger partial charge in [-0.2, -0.15) is 5.26 Å². The van der Waals surface area contributed by atoms with Crippen LogP contribution in [0.4, 0.5) is 4.79 Å². The van der Waals surface area contributed by atoms with Gasteiger partial charge < -0.3 is 19.7 Å². The number of benzene rings is 1. The highest BCUT2D eigenvalue weighted by Gasteiger charge is 2.51. The smallest absolute Gasteiger partial charge is 0.410 e. The monoisotopic (exact) mass is 424 g/mol. The van der Waals surface area contributed by atoms with Crippen LogP contribution in [0.25, 0.3) is 0 Å². The van der Waals surface area contributed by atoms with Crippen LogP contribution in [0.5, 0.6) is 0 Å². The molecule has 7 nitrogen and oxygen atoms in total. The third-order valence-corrected chi connectivity index (χ3v) is 7.43. The summed E-state index contributed by atoms with van der Waals surface area (Å²) in [7, 11) is 0. The lowest BCUT2D eigenvalue weighted by atomic mass is 9.83. The molecule has 5 rings (SSSR count). The number of nitriles is 1. The Morgan fingerprint density at radius 1 is 1.23 bits per heavy atom. The second kappa shape index (κ2) is 8.78. The zero-order chi connectivity index (χ0) is 21.3. The number of hydrogen-bond donors (Lipinski definition) is 1.